The molecule has 80 valence electrons. The fourth-order valence-corrected chi connectivity index (χ4v) is 1.46. The van der Waals surface area contributed by atoms with Gasteiger partial charge in [-0.25, -0.2) is 0 Å². The van der Waals surface area contributed by atoms with Gasteiger partial charge in [-0.1, -0.05) is 0 Å². The van der Waals surface area contributed by atoms with Crippen molar-refractivity contribution in [1.29, 1.82) is 0 Å². The fraction of sp³-hybridized carbons (Fsp3) is 0.222. The van der Waals surface area contributed by atoms with E-state index in [0.717, 1.165) is 6.07 Å². The van der Waals surface area contributed by atoms with Crippen LogP contribution in [0.25, 0.3) is 10.9 Å². The van der Waals surface area contributed by atoms with Gasteiger partial charge in [0.2, 0.25) is 0 Å². The summed E-state index contributed by atoms with van der Waals surface area (Å²) in [7, 11) is 1.64. The maximum Gasteiger partial charge on any atom is 0.418 e. The maximum atomic E-state index is 12.5. The van der Waals surface area contributed by atoms with Crippen LogP contribution in [-0.4, -0.2) is 9.78 Å². The number of halogens is 3. The Morgan fingerprint density at radius 2 is 2.00 bits per heavy atom. The molecule has 15 heavy (non-hydrogen) atoms. The van der Waals surface area contributed by atoms with Crippen molar-refractivity contribution < 1.29 is 13.2 Å². The average molecular weight is 215 g/mol. The first kappa shape index (κ1) is 9.82. The second-order valence-electron chi connectivity index (χ2n) is 3.30. The highest BCUT2D eigenvalue weighted by Crippen LogP contribution is 2.35. The van der Waals surface area contributed by atoms with Crippen LogP contribution in [0.15, 0.2) is 18.3 Å². The minimum Gasteiger partial charge on any atom is -0.398 e. The predicted molar refractivity (Wildman–Crippen MR) is 50.1 cm³/mol. The first-order valence-electron chi connectivity index (χ1n) is 4.18. The van der Waals surface area contributed by atoms with Gasteiger partial charge in [0, 0.05) is 24.3 Å². The lowest BCUT2D eigenvalue weighted by molar-refractivity contribution is -0.136. The molecule has 1 aromatic carbocycles. The third-order valence-electron chi connectivity index (χ3n) is 2.10. The van der Waals surface area contributed by atoms with Crippen LogP contribution in [0.5, 0.6) is 0 Å². The number of nitrogens with two attached hydrogens (primary N) is 1. The Bertz CT molecular complexity index is 513. The third-order valence-corrected chi connectivity index (χ3v) is 2.10. The first-order chi connectivity index (χ1) is 6.88. The molecule has 0 saturated carbocycles. The van der Waals surface area contributed by atoms with Crippen molar-refractivity contribution in [2.24, 2.45) is 7.05 Å². The molecule has 3 nitrogen and oxygen atoms in total. The number of fused-ring (bicyclic) bond motifs is 1. The molecule has 0 unspecified atom stereocenters. The lowest BCUT2D eigenvalue weighted by Gasteiger charge is -2.08. The Morgan fingerprint density at radius 3 is 2.60 bits per heavy atom. The lowest BCUT2D eigenvalue weighted by Crippen LogP contribution is -2.08. The molecule has 0 fully saturated rings. The summed E-state index contributed by atoms with van der Waals surface area (Å²) in [5.74, 6) is 0. The third kappa shape index (κ3) is 1.62. The summed E-state index contributed by atoms with van der Waals surface area (Å²) >= 11 is 0. The van der Waals surface area contributed by atoms with Gasteiger partial charge in [-0.2, -0.15) is 18.3 Å². The van der Waals surface area contributed by atoms with Gasteiger partial charge < -0.3 is 5.73 Å². The van der Waals surface area contributed by atoms with Gasteiger partial charge in [-0.15, -0.1) is 0 Å². The molecule has 2 N–H and O–H groups in total. The minimum atomic E-state index is -4.43. The zero-order valence-corrected chi connectivity index (χ0v) is 7.84. The Hall–Kier alpha value is -1.72. The molecule has 6 heteroatoms. The number of rotatable bonds is 0. The molecule has 1 aromatic heterocycles. The number of hydrogen-bond donors (Lipinski definition) is 1. The van der Waals surface area contributed by atoms with Crippen LogP contribution < -0.4 is 5.73 Å². The van der Waals surface area contributed by atoms with Crippen molar-refractivity contribution in [1.82, 2.24) is 9.78 Å². The summed E-state index contributed by atoms with van der Waals surface area (Å²) in [6, 6.07) is 2.25. The van der Waals surface area contributed by atoms with E-state index >= 15 is 0 Å². The zero-order chi connectivity index (χ0) is 11.2. The number of nitrogens with zero attached hydrogens (tertiary/aromatic N) is 2. The van der Waals surface area contributed by atoms with E-state index in [1.807, 2.05) is 0 Å². The zero-order valence-electron chi connectivity index (χ0n) is 7.84. The summed E-state index contributed by atoms with van der Waals surface area (Å²) in [6.07, 6.45) is -2.82. The van der Waals surface area contributed by atoms with E-state index in [4.69, 9.17) is 5.73 Å². The number of nitrogen functional groups attached to an aromatic ring is 1. The number of aromatic nitrogens is 2. The highest BCUT2D eigenvalue weighted by Gasteiger charge is 2.33. The molecule has 0 amide bonds. The Balaban J connectivity index is 2.72. The smallest absolute Gasteiger partial charge is 0.398 e. The molecule has 0 radical (unpaired) electrons. The summed E-state index contributed by atoms with van der Waals surface area (Å²) in [5.41, 5.74) is 4.50. The molecule has 1 heterocycles. The molecule has 0 bridgehead atoms. The number of benzene rings is 1. The second kappa shape index (κ2) is 2.88. The summed E-state index contributed by atoms with van der Waals surface area (Å²) in [6.45, 7) is 0. The topological polar surface area (TPSA) is 43.8 Å². The summed E-state index contributed by atoms with van der Waals surface area (Å²) in [5, 5.41) is 4.49. The SMILES string of the molecule is Cn1cc2cc(N)c(C(F)(F)F)cc2n1. The Morgan fingerprint density at radius 1 is 1.33 bits per heavy atom. The van der Waals surface area contributed by atoms with Gasteiger partial charge in [-0.05, 0) is 12.1 Å². The van der Waals surface area contributed by atoms with E-state index in [1.165, 1.54) is 10.7 Å². The largest absolute Gasteiger partial charge is 0.418 e. The molecule has 0 spiro atoms. The molecule has 2 aromatic rings. The van der Waals surface area contributed by atoms with Crippen molar-refractivity contribution in [2.75, 3.05) is 5.73 Å². The molecule has 0 aliphatic rings. The Kier molecular flexibility index (Phi) is 1.89. The Labute approximate surface area is 83.3 Å². The van der Waals surface area contributed by atoms with Gasteiger partial charge in [0.15, 0.2) is 0 Å². The second-order valence-corrected chi connectivity index (χ2v) is 3.30. The molecule has 0 atom stereocenters. The molecule has 0 saturated heterocycles. The van der Waals surface area contributed by atoms with Crippen molar-refractivity contribution in [2.45, 2.75) is 6.18 Å². The average Bonchev–Trinajstić information content (AvgIpc) is 2.40. The maximum absolute atomic E-state index is 12.5. The fourth-order valence-electron chi connectivity index (χ4n) is 1.46. The number of anilines is 1. The van der Waals surface area contributed by atoms with Gasteiger partial charge in [0.25, 0.3) is 0 Å². The van der Waals surface area contributed by atoms with Gasteiger partial charge in [0.1, 0.15) is 0 Å². The molecular formula is C9H8F3N3. The van der Waals surface area contributed by atoms with Crippen molar-refractivity contribution in [3.63, 3.8) is 0 Å². The van der Waals surface area contributed by atoms with E-state index in [9.17, 15) is 13.2 Å². The lowest BCUT2D eigenvalue weighted by atomic mass is 10.1. The van der Waals surface area contributed by atoms with Crippen LogP contribution in [-0.2, 0) is 13.2 Å². The van der Waals surface area contributed by atoms with E-state index in [2.05, 4.69) is 5.10 Å². The van der Waals surface area contributed by atoms with Crippen LogP contribution in [0.4, 0.5) is 18.9 Å². The van der Waals surface area contributed by atoms with Crippen molar-refractivity contribution in [3.8, 4) is 0 Å². The van der Waals surface area contributed by atoms with Crippen LogP contribution in [0.2, 0.25) is 0 Å². The van der Waals surface area contributed by atoms with Crippen molar-refractivity contribution in [3.05, 3.63) is 23.9 Å². The highest BCUT2D eigenvalue weighted by molar-refractivity contribution is 5.83. The van der Waals surface area contributed by atoms with Gasteiger partial charge in [-0.3, -0.25) is 4.68 Å². The first-order valence-corrected chi connectivity index (χ1v) is 4.18. The van der Waals surface area contributed by atoms with E-state index in [-0.39, 0.29) is 5.69 Å². The number of alkyl halides is 3. The van der Waals surface area contributed by atoms with E-state index < -0.39 is 11.7 Å². The standard InChI is InChI=1S/C9H8F3N3/c1-15-4-5-2-7(13)6(9(10,11)12)3-8(5)14-15/h2-4H,13H2,1H3. The summed E-state index contributed by atoms with van der Waals surface area (Å²) in [4.78, 5) is 0. The molecule has 0 aliphatic carbocycles. The van der Waals surface area contributed by atoms with Crippen molar-refractivity contribution >= 4 is 16.6 Å². The van der Waals surface area contributed by atoms with Crippen LogP contribution >= 0.6 is 0 Å². The number of aryl methyl sites for hydroxylation is 1. The van der Waals surface area contributed by atoms with Crippen LogP contribution in [0.1, 0.15) is 5.56 Å². The normalized spacial score (nSPS) is 12.3. The van der Waals surface area contributed by atoms with Gasteiger partial charge >= 0.3 is 6.18 Å². The molecular weight excluding hydrogens is 207 g/mol. The molecule has 2 rings (SSSR count). The monoisotopic (exact) mass is 215 g/mol. The molecule has 0 aliphatic heterocycles. The predicted octanol–water partition coefficient (Wildman–Crippen LogP) is 2.17. The minimum absolute atomic E-state index is 0.275. The van der Waals surface area contributed by atoms with Gasteiger partial charge in [0.05, 0.1) is 11.1 Å². The van der Waals surface area contributed by atoms with E-state index in [0.29, 0.717) is 10.9 Å². The summed E-state index contributed by atoms with van der Waals surface area (Å²) < 4.78 is 38.9. The highest BCUT2D eigenvalue weighted by atomic mass is 19.4. The quantitative estimate of drug-likeness (QED) is 0.684. The van der Waals surface area contributed by atoms with Crippen LogP contribution in [0, 0.1) is 0 Å². The van der Waals surface area contributed by atoms with Crippen LogP contribution in [0.3, 0.4) is 0 Å². The van der Waals surface area contributed by atoms with E-state index in [1.54, 1.807) is 13.2 Å². The number of hydrogen-bond acceptors (Lipinski definition) is 2.